The van der Waals surface area contributed by atoms with E-state index >= 15 is 0 Å². The van der Waals surface area contributed by atoms with Gasteiger partial charge in [-0.1, -0.05) is 19.1 Å². The van der Waals surface area contributed by atoms with Crippen molar-refractivity contribution in [2.24, 2.45) is 5.92 Å². The Labute approximate surface area is 125 Å². The molecule has 5 heteroatoms. The summed E-state index contributed by atoms with van der Waals surface area (Å²) in [5, 5.41) is 13.9. The van der Waals surface area contributed by atoms with Crippen LogP contribution < -0.4 is 4.74 Å². The Morgan fingerprint density at radius 1 is 1.33 bits per heavy atom. The van der Waals surface area contributed by atoms with Gasteiger partial charge in [-0.25, -0.2) is 4.98 Å². The van der Waals surface area contributed by atoms with Crippen molar-refractivity contribution in [1.29, 1.82) is 0 Å². The fraction of sp³-hybridized carbons (Fsp3) is 0.500. The van der Waals surface area contributed by atoms with Crippen molar-refractivity contribution >= 4 is 0 Å². The average Bonchev–Trinajstić information content (AvgIpc) is 2.94. The van der Waals surface area contributed by atoms with Gasteiger partial charge in [0.05, 0.1) is 7.11 Å². The average molecular weight is 289 g/mol. The van der Waals surface area contributed by atoms with Crippen molar-refractivity contribution in [2.75, 3.05) is 13.7 Å². The van der Waals surface area contributed by atoms with Crippen LogP contribution in [0.3, 0.4) is 0 Å². The van der Waals surface area contributed by atoms with Crippen molar-refractivity contribution < 1.29 is 9.84 Å². The van der Waals surface area contributed by atoms with Crippen molar-refractivity contribution in [3.05, 3.63) is 42.0 Å². The number of nitrogens with zero attached hydrogens (tertiary/aromatic N) is 3. The van der Waals surface area contributed by atoms with E-state index in [1.54, 1.807) is 13.4 Å². The Bertz CT molecular complexity index is 554. The van der Waals surface area contributed by atoms with Crippen molar-refractivity contribution in [1.82, 2.24) is 14.8 Å². The molecular formula is C16H23N3O2. The highest BCUT2D eigenvalue weighted by Crippen LogP contribution is 2.18. The molecule has 114 valence electrons. The number of aryl methyl sites for hydroxylation is 1. The molecule has 0 fully saturated rings. The Hall–Kier alpha value is -1.88. The number of aliphatic hydroxyl groups excluding tert-OH is 1. The van der Waals surface area contributed by atoms with Crippen LogP contribution in [0, 0.1) is 5.92 Å². The highest BCUT2D eigenvalue weighted by molar-refractivity contribution is 5.28. The Balaban J connectivity index is 2.03. The molecule has 5 nitrogen and oxygen atoms in total. The molecule has 0 amide bonds. The van der Waals surface area contributed by atoms with Crippen molar-refractivity contribution in [2.45, 2.75) is 32.7 Å². The van der Waals surface area contributed by atoms with Gasteiger partial charge in [-0.05, 0) is 36.5 Å². The van der Waals surface area contributed by atoms with Crippen LogP contribution >= 0.6 is 0 Å². The number of aromatic nitrogens is 3. The van der Waals surface area contributed by atoms with Gasteiger partial charge in [-0.3, -0.25) is 4.68 Å². The fourth-order valence-electron chi connectivity index (χ4n) is 2.44. The lowest BCUT2D eigenvalue weighted by Gasteiger charge is -2.15. The minimum absolute atomic E-state index is 0.135. The zero-order chi connectivity index (χ0) is 15.1. The third-order valence-corrected chi connectivity index (χ3v) is 3.52. The molecule has 1 N–H and O–H groups in total. The normalized spacial score (nSPS) is 12.3. The SMILES string of the molecule is CCCn1ncnc1CC(CO)Cc1cccc(OC)c1. The van der Waals surface area contributed by atoms with Gasteiger partial charge in [0.1, 0.15) is 17.9 Å². The number of hydrogen-bond donors (Lipinski definition) is 1. The lowest BCUT2D eigenvalue weighted by molar-refractivity contribution is 0.221. The monoisotopic (exact) mass is 289 g/mol. The maximum absolute atomic E-state index is 9.64. The van der Waals surface area contributed by atoms with Crippen LogP contribution in [0.5, 0.6) is 5.75 Å². The predicted octanol–water partition coefficient (Wildman–Crippen LogP) is 2.09. The first-order valence-electron chi connectivity index (χ1n) is 7.37. The summed E-state index contributed by atoms with van der Waals surface area (Å²) < 4.78 is 7.16. The van der Waals surface area contributed by atoms with E-state index in [9.17, 15) is 5.11 Å². The molecule has 0 radical (unpaired) electrons. The van der Waals surface area contributed by atoms with Crippen molar-refractivity contribution in [3.63, 3.8) is 0 Å². The standard InChI is InChI=1S/C16H23N3O2/c1-3-7-19-16(17-12-18-19)10-14(11-20)8-13-5-4-6-15(9-13)21-2/h4-6,9,12,14,20H,3,7-8,10-11H2,1-2H3. The number of rotatable bonds is 8. The van der Waals surface area contributed by atoms with Crippen LogP contribution in [0.4, 0.5) is 0 Å². The molecule has 0 aliphatic carbocycles. The molecule has 1 aromatic carbocycles. The Morgan fingerprint density at radius 2 is 2.19 bits per heavy atom. The van der Waals surface area contributed by atoms with Crippen LogP contribution in [0.1, 0.15) is 24.7 Å². The summed E-state index contributed by atoms with van der Waals surface area (Å²) in [5.41, 5.74) is 1.16. The molecule has 0 bridgehead atoms. The molecule has 0 saturated carbocycles. The van der Waals surface area contributed by atoms with Gasteiger partial charge in [0, 0.05) is 19.6 Å². The molecule has 0 aliphatic heterocycles. The summed E-state index contributed by atoms with van der Waals surface area (Å²) in [7, 11) is 1.66. The second-order valence-corrected chi connectivity index (χ2v) is 5.21. The molecule has 2 aromatic rings. The first-order chi connectivity index (χ1) is 10.3. The maximum atomic E-state index is 9.64. The molecule has 1 heterocycles. The number of hydrogen-bond acceptors (Lipinski definition) is 4. The fourth-order valence-corrected chi connectivity index (χ4v) is 2.44. The minimum atomic E-state index is 0.135. The van der Waals surface area contributed by atoms with Crippen molar-refractivity contribution in [3.8, 4) is 5.75 Å². The van der Waals surface area contributed by atoms with Crippen LogP contribution in [0.2, 0.25) is 0 Å². The summed E-state index contributed by atoms with van der Waals surface area (Å²) >= 11 is 0. The lowest BCUT2D eigenvalue weighted by atomic mass is 9.96. The molecule has 21 heavy (non-hydrogen) atoms. The van der Waals surface area contributed by atoms with Crippen LogP contribution in [-0.4, -0.2) is 33.6 Å². The number of ether oxygens (including phenoxy) is 1. The van der Waals surface area contributed by atoms with Gasteiger partial charge in [0.15, 0.2) is 0 Å². The van der Waals surface area contributed by atoms with E-state index in [0.717, 1.165) is 42.9 Å². The Morgan fingerprint density at radius 3 is 2.90 bits per heavy atom. The number of aliphatic hydroxyl groups is 1. The zero-order valence-electron chi connectivity index (χ0n) is 12.7. The second kappa shape index (κ2) is 7.78. The van der Waals surface area contributed by atoms with Gasteiger partial charge >= 0.3 is 0 Å². The smallest absolute Gasteiger partial charge is 0.138 e. The van der Waals surface area contributed by atoms with Gasteiger partial charge in [0.25, 0.3) is 0 Å². The third kappa shape index (κ3) is 4.29. The zero-order valence-corrected chi connectivity index (χ0v) is 12.7. The summed E-state index contributed by atoms with van der Waals surface area (Å²) in [5.74, 6) is 1.93. The summed E-state index contributed by atoms with van der Waals surface area (Å²) in [6.07, 6.45) is 4.14. The van der Waals surface area contributed by atoms with Gasteiger partial charge in [0.2, 0.25) is 0 Å². The van der Waals surface area contributed by atoms with E-state index in [1.807, 2.05) is 22.9 Å². The second-order valence-electron chi connectivity index (χ2n) is 5.21. The van der Waals surface area contributed by atoms with E-state index in [-0.39, 0.29) is 12.5 Å². The van der Waals surface area contributed by atoms with Gasteiger partial charge < -0.3 is 9.84 Å². The van der Waals surface area contributed by atoms with E-state index in [1.165, 1.54) is 0 Å². The third-order valence-electron chi connectivity index (χ3n) is 3.52. The highest BCUT2D eigenvalue weighted by atomic mass is 16.5. The van der Waals surface area contributed by atoms with E-state index in [2.05, 4.69) is 23.1 Å². The number of benzene rings is 1. The van der Waals surface area contributed by atoms with Gasteiger partial charge in [-0.2, -0.15) is 5.10 Å². The van der Waals surface area contributed by atoms with E-state index in [4.69, 9.17) is 4.74 Å². The summed E-state index contributed by atoms with van der Waals surface area (Å²) in [6.45, 7) is 3.12. The van der Waals surface area contributed by atoms with E-state index < -0.39 is 0 Å². The highest BCUT2D eigenvalue weighted by Gasteiger charge is 2.14. The van der Waals surface area contributed by atoms with Crippen LogP contribution in [0.25, 0.3) is 0 Å². The van der Waals surface area contributed by atoms with Crippen LogP contribution in [-0.2, 0) is 19.4 Å². The molecular weight excluding hydrogens is 266 g/mol. The largest absolute Gasteiger partial charge is 0.497 e. The summed E-state index contributed by atoms with van der Waals surface area (Å²) in [4.78, 5) is 4.31. The van der Waals surface area contributed by atoms with Gasteiger partial charge in [-0.15, -0.1) is 0 Å². The first-order valence-corrected chi connectivity index (χ1v) is 7.37. The molecule has 0 aliphatic rings. The molecule has 0 spiro atoms. The quantitative estimate of drug-likeness (QED) is 0.808. The first kappa shape index (κ1) is 15.5. The predicted molar refractivity (Wildman–Crippen MR) is 81.3 cm³/mol. The maximum Gasteiger partial charge on any atom is 0.138 e. The lowest BCUT2D eigenvalue weighted by Crippen LogP contribution is -2.17. The number of methoxy groups -OCH3 is 1. The molecule has 2 rings (SSSR count). The topological polar surface area (TPSA) is 60.2 Å². The molecule has 1 unspecified atom stereocenters. The molecule has 0 saturated heterocycles. The minimum Gasteiger partial charge on any atom is -0.497 e. The summed E-state index contributed by atoms with van der Waals surface area (Å²) in [6, 6.07) is 7.97. The molecule has 1 atom stereocenters. The Kier molecular flexibility index (Phi) is 5.75. The van der Waals surface area contributed by atoms with E-state index in [0.29, 0.717) is 0 Å². The molecule has 1 aromatic heterocycles. The van der Waals surface area contributed by atoms with Crippen LogP contribution in [0.15, 0.2) is 30.6 Å².